The van der Waals surface area contributed by atoms with Crippen molar-refractivity contribution in [2.45, 2.75) is 6.54 Å². The van der Waals surface area contributed by atoms with Crippen molar-refractivity contribution in [1.29, 1.82) is 0 Å². The molecule has 3 aromatic rings. The smallest absolute Gasteiger partial charge is 0.137 e. The molecule has 0 unspecified atom stereocenters. The fourth-order valence-electron chi connectivity index (χ4n) is 2.14. The van der Waals surface area contributed by atoms with Gasteiger partial charge in [0.05, 0.1) is 11.4 Å². The van der Waals surface area contributed by atoms with E-state index in [9.17, 15) is 0 Å². The van der Waals surface area contributed by atoms with Gasteiger partial charge in [-0.25, -0.2) is 4.98 Å². The maximum Gasteiger partial charge on any atom is 0.137 e. The Bertz CT molecular complexity index is 658. The lowest BCUT2D eigenvalue weighted by molar-refractivity contribution is 0.800. The van der Waals surface area contributed by atoms with Crippen LogP contribution in [0.3, 0.4) is 0 Å². The van der Waals surface area contributed by atoms with Crippen LogP contribution >= 0.6 is 0 Å². The van der Waals surface area contributed by atoms with Crippen molar-refractivity contribution in [2.24, 2.45) is 0 Å². The SMILES string of the molecule is CNCc1nc2ccccn2c1-c1cccnc1. The van der Waals surface area contributed by atoms with Gasteiger partial charge in [0.25, 0.3) is 0 Å². The van der Waals surface area contributed by atoms with Gasteiger partial charge in [0.2, 0.25) is 0 Å². The van der Waals surface area contributed by atoms with Gasteiger partial charge in [-0.05, 0) is 31.3 Å². The molecule has 0 fully saturated rings. The summed E-state index contributed by atoms with van der Waals surface area (Å²) < 4.78 is 2.10. The standard InChI is InChI=1S/C14H14N4/c1-15-10-12-14(11-5-4-7-16-9-11)18-8-3-2-6-13(18)17-12/h2-9,15H,10H2,1H3. The number of aromatic nitrogens is 3. The van der Waals surface area contributed by atoms with Crippen LogP contribution in [-0.4, -0.2) is 21.4 Å². The molecule has 0 saturated heterocycles. The van der Waals surface area contributed by atoms with Crippen molar-refractivity contribution in [3.63, 3.8) is 0 Å². The van der Waals surface area contributed by atoms with Gasteiger partial charge in [-0.2, -0.15) is 0 Å². The van der Waals surface area contributed by atoms with E-state index in [0.717, 1.165) is 29.1 Å². The van der Waals surface area contributed by atoms with E-state index in [1.807, 2.05) is 43.7 Å². The third kappa shape index (κ3) is 1.76. The van der Waals surface area contributed by atoms with Crippen molar-refractivity contribution in [1.82, 2.24) is 19.7 Å². The van der Waals surface area contributed by atoms with Gasteiger partial charge in [-0.15, -0.1) is 0 Å². The van der Waals surface area contributed by atoms with Crippen LogP contribution in [0.1, 0.15) is 5.69 Å². The fourth-order valence-corrected chi connectivity index (χ4v) is 2.14. The number of nitrogens with one attached hydrogen (secondary N) is 1. The van der Waals surface area contributed by atoms with Crippen molar-refractivity contribution in [2.75, 3.05) is 7.05 Å². The molecule has 0 saturated carbocycles. The van der Waals surface area contributed by atoms with Crippen LogP contribution in [-0.2, 0) is 6.54 Å². The minimum absolute atomic E-state index is 0.742. The van der Waals surface area contributed by atoms with E-state index < -0.39 is 0 Å². The molecule has 0 spiro atoms. The monoisotopic (exact) mass is 238 g/mol. The summed E-state index contributed by atoms with van der Waals surface area (Å²) in [6.45, 7) is 0.742. The molecule has 0 atom stereocenters. The van der Waals surface area contributed by atoms with Gasteiger partial charge in [-0.3, -0.25) is 9.38 Å². The Kier molecular flexibility index (Phi) is 2.78. The molecule has 3 heterocycles. The first-order chi connectivity index (χ1) is 8.90. The normalized spacial score (nSPS) is 10.9. The molecule has 0 radical (unpaired) electrons. The zero-order chi connectivity index (χ0) is 12.4. The molecular formula is C14H14N4. The number of nitrogens with zero attached hydrogens (tertiary/aromatic N) is 3. The highest BCUT2D eigenvalue weighted by Crippen LogP contribution is 2.24. The zero-order valence-corrected chi connectivity index (χ0v) is 10.2. The second kappa shape index (κ2) is 4.58. The molecule has 0 bridgehead atoms. The summed E-state index contributed by atoms with van der Waals surface area (Å²) in [6.07, 6.45) is 5.68. The summed E-state index contributed by atoms with van der Waals surface area (Å²) in [6, 6.07) is 10.0. The molecule has 0 aliphatic heterocycles. The first kappa shape index (κ1) is 10.9. The van der Waals surface area contributed by atoms with E-state index in [4.69, 9.17) is 0 Å². The van der Waals surface area contributed by atoms with Crippen molar-refractivity contribution >= 4 is 5.65 Å². The molecule has 1 N–H and O–H groups in total. The van der Waals surface area contributed by atoms with E-state index >= 15 is 0 Å². The lowest BCUT2D eigenvalue weighted by Gasteiger charge is -2.04. The zero-order valence-electron chi connectivity index (χ0n) is 10.2. The highest BCUT2D eigenvalue weighted by molar-refractivity contribution is 5.66. The third-order valence-corrected chi connectivity index (χ3v) is 2.88. The predicted molar refractivity (Wildman–Crippen MR) is 71.2 cm³/mol. The van der Waals surface area contributed by atoms with Crippen LogP contribution in [0.5, 0.6) is 0 Å². The average Bonchev–Trinajstić information content (AvgIpc) is 2.78. The molecule has 0 amide bonds. The lowest BCUT2D eigenvalue weighted by Crippen LogP contribution is -2.06. The van der Waals surface area contributed by atoms with E-state index in [2.05, 4.69) is 25.8 Å². The fraction of sp³-hybridized carbons (Fsp3) is 0.143. The summed E-state index contributed by atoms with van der Waals surface area (Å²) in [7, 11) is 1.93. The maximum absolute atomic E-state index is 4.65. The molecule has 0 aliphatic carbocycles. The van der Waals surface area contributed by atoms with Crippen LogP contribution in [0.15, 0.2) is 48.9 Å². The van der Waals surface area contributed by atoms with Crippen molar-refractivity contribution in [3.8, 4) is 11.3 Å². The number of hydrogen-bond acceptors (Lipinski definition) is 3. The number of pyridine rings is 2. The van der Waals surface area contributed by atoms with Gasteiger partial charge in [0.1, 0.15) is 5.65 Å². The minimum atomic E-state index is 0.742. The highest BCUT2D eigenvalue weighted by atomic mass is 15.0. The average molecular weight is 238 g/mol. The molecule has 4 nitrogen and oxygen atoms in total. The largest absolute Gasteiger partial charge is 0.314 e. The predicted octanol–water partition coefficient (Wildman–Crippen LogP) is 2.12. The number of rotatable bonds is 3. The van der Waals surface area contributed by atoms with Crippen LogP contribution in [0.25, 0.3) is 16.9 Å². The van der Waals surface area contributed by atoms with E-state index in [1.165, 1.54) is 0 Å². The second-order valence-electron chi connectivity index (χ2n) is 4.11. The van der Waals surface area contributed by atoms with Crippen molar-refractivity contribution < 1.29 is 0 Å². The molecule has 18 heavy (non-hydrogen) atoms. The van der Waals surface area contributed by atoms with Gasteiger partial charge < -0.3 is 5.32 Å². The van der Waals surface area contributed by atoms with Crippen LogP contribution in [0.2, 0.25) is 0 Å². The number of imidazole rings is 1. The Morgan fingerprint density at radius 3 is 2.94 bits per heavy atom. The van der Waals surface area contributed by atoms with Gasteiger partial charge in [0.15, 0.2) is 0 Å². The van der Waals surface area contributed by atoms with Crippen LogP contribution < -0.4 is 5.32 Å². The minimum Gasteiger partial charge on any atom is -0.314 e. The lowest BCUT2D eigenvalue weighted by atomic mass is 10.1. The Morgan fingerprint density at radius 1 is 1.22 bits per heavy atom. The maximum atomic E-state index is 4.65. The molecule has 3 rings (SSSR count). The van der Waals surface area contributed by atoms with E-state index in [-0.39, 0.29) is 0 Å². The summed E-state index contributed by atoms with van der Waals surface area (Å²) >= 11 is 0. The molecule has 0 aliphatic rings. The van der Waals surface area contributed by atoms with Gasteiger partial charge in [-0.1, -0.05) is 6.07 Å². The Balaban J connectivity index is 2.28. The van der Waals surface area contributed by atoms with Gasteiger partial charge in [0, 0.05) is 30.7 Å². The summed E-state index contributed by atoms with van der Waals surface area (Å²) in [4.78, 5) is 8.84. The van der Waals surface area contributed by atoms with E-state index in [1.54, 1.807) is 6.20 Å². The molecule has 3 aromatic heterocycles. The molecule has 90 valence electrons. The summed E-state index contributed by atoms with van der Waals surface area (Å²) in [5, 5.41) is 3.16. The summed E-state index contributed by atoms with van der Waals surface area (Å²) in [5.74, 6) is 0. The van der Waals surface area contributed by atoms with Crippen LogP contribution in [0.4, 0.5) is 0 Å². The molecule has 4 heteroatoms. The number of fused-ring (bicyclic) bond motifs is 1. The molecular weight excluding hydrogens is 224 g/mol. The first-order valence-corrected chi connectivity index (χ1v) is 5.91. The Labute approximate surface area is 105 Å². The van der Waals surface area contributed by atoms with Gasteiger partial charge >= 0.3 is 0 Å². The van der Waals surface area contributed by atoms with Crippen LogP contribution in [0, 0.1) is 0 Å². The topological polar surface area (TPSA) is 42.2 Å². The summed E-state index contributed by atoms with van der Waals surface area (Å²) in [5.41, 5.74) is 4.19. The Morgan fingerprint density at radius 2 is 2.17 bits per heavy atom. The highest BCUT2D eigenvalue weighted by Gasteiger charge is 2.12. The Hall–Kier alpha value is -2.20. The number of hydrogen-bond donors (Lipinski definition) is 1. The van der Waals surface area contributed by atoms with E-state index in [0.29, 0.717) is 0 Å². The third-order valence-electron chi connectivity index (χ3n) is 2.88. The second-order valence-corrected chi connectivity index (χ2v) is 4.11. The first-order valence-electron chi connectivity index (χ1n) is 5.91. The molecule has 0 aromatic carbocycles. The van der Waals surface area contributed by atoms with Crippen molar-refractivity contribution in [3.05, 3.63) is 54.6 Å². The quantitative estimate of drug-likeness (QED) is 0.760.